The van der Waals surface area contributed by atoms with Crippen LogP contribution in [0.3, 0.4) is 0 Å². The van der Waals surface area contributed by atoms with Crippen molar-refractivity contribution in [2.45, 2.75) is 51.1 Å². The first-order valence-corrected chi connectivity index (χ1v) is 11.9. The Hall–Kier alpha value is -2.84. The van der Waals surface area contributed by atoms with Crippen molar-refractivity contribution in [3.05, 3.63) is 41.3 Å². The zero-order valence-electron chi connectivity index (χ0n) is 19.1. The fourth-order valence-corrected chi connectivity index (χ4v) is 5.29. The number of Topliss-reactive ketones (excluding diaryl/α,β-unsaturated/α-hetero) is 1. The number of fused-ring (bicyclic) bond motifs is 3. The Morgan fingerprint density at radius 2 is 1.91 bits per heavy atom. The Morgan fingerprint density at radius 1 is 1.12 bits per heavy atom. The number of aromatic nitrogens is 2. The molecule has 2 heterocycles. The summed E-state index contributed by atoms with van der Waals surface area (Å²) < 4.78 is 5.50. The number of carbonyl (C=O) groups is 2. The molecule has 1 aliphatic heterocycles. The normalized spacial score (nSPS) is 22.3. The molecule has 174 valence electrons. The van der Waals surface area contributed by atoms with E-state index in [1.54, 1.807) is 6.33 Å². The number of hydrogen-bond acceptors (Lipinski definition) is 7. The van der Waals surface area contributed by atoms with Gasteiger partial charge < -0.3 is 15.4 Å². The highest BCUT2D eigenvalue weighted by atomic mass is 16.5. The van der Waals surface area contributed by atoms with E-state index in [0.717, 1.165) is 73.8 Å². The van der Waals surface area contributed by atoms with Crippen molar-refractivity contribution >= 4 is 17.5 Å². The number of nitrogens with zero attached hydrogens (tertiary/aromatic N) is 3. The SMILES string of the molecule is CC(=O)NCC(=O)c1ccc2c(c1)-c1c(ncnc1NC1CCC(N3CCOCC3)CC1)C2. The predicted molar refractivity (Wildman–Crippen MR) is 125 cm³/mol. The van der Waals surface area contributed by atoms with Gasteiger partial charge in [-0.3, -0.25) is 14.5 Å². The number of anilines is 1. The van der Waals surface area contributed by atoms with Gasteiger partial charge >= 0.3 is 0 Å². The Kier molecular flexibility index (Phi) is 6.37. The molecule has 1 saturated carbocycles. The molecule has 8 nitrogen and oxygen atoms in total. The largest absolute Gasteiger partial charge is 0.379 e. The van der Waals surface area contributed by atoms with Crippen LogP contribution < -0.4 is 10.6 Å². The first kappa shape index (κ1) is 22.0. The van der Waals surface area contributed by atoms with Gasteiger partial charge in [0.05, 0.1) is 25.5 Å². The van der Waals surface area contributed by atoms with Gasteiger partial charge in [-0.1, -0.05) is 12.1 Å². The summed E-state index contributed by atoms with van der Waals surface area (Å²) in [7, 11) is 0. The molecule has 2 aromatic rings. The highest BCUT2D eigenvalue weighted by Gasteiger charge is 2.29. The van der Waals surface area contributed by atoms with Crippen molar-refractivity contribution in [3.8, 4) is 11.1 Å². The lowest BCUT2D eigenvalue weighted by molar-refractivity contribution is -0.118. The molecule has 3 aliphatic rings. The minimum absolute atomic E-state index is 0.00373. The standard InChI is InChI=1S/C25H31N5O3/c1-16(31)26-14-23(32)18-3-2-17-13-22-24(21(17)12-18)25(28-15-27-22)29-19-4-6-20(7-5-19)30-8-10-33-11-9-30/h2-3,12,15,19-20H,4-11,13-14H2,1H3,(H,26,31)(H,27,28,29). The second-order valence-corrected chi connectivity index (χ2v) is 9.22. The topological polar surface area (TPSA) is 96.5 Å². The maximum atomic E-state index is 12.6. The Morgan fingerprint density at radius 3 is 2.67 bits per heavy atom. The van der Waals surface area contributed by atoms with Gasteiger partial charge in [-0.2, -0.15) is 0 Å². The van der Waals surface area contributed by atoms with E-state index in [9.17, 15) is 9.59 Å². The molecule has 1 saturated heterocycles. The molecule has 1 aromatic carbocycles. The van der Waals surface area contributed by atoms with Gasteiger partial charge in [-0.25, -0.2) is 9.97 Å². The zero-order valence-corrected chi connectivity index (χ0v) is 19.1. The Balaban J connectivity index is 1.30. The summed E-state index contributed by atoms with van der Waals surface area (Å²) in [5.41, 5.74) is 4.77. The first-order valence-electron chi connectivity index (χ1n) is 11.9. The number of benzene rings is 1. The molecule has 8 heteroatoms. The zero-order chi connectivity index (χ0) is 22.8. The summed E-state index contributed by atoms with van der Waals surface area (Å²) in [4.78, 5) is 35.4. The van der Waals surface area contributed by atoms with E-state index in [-0.39, 0.29) is 18.2 Å². The maximum Gasteiger partial charge on any atom is 0.217 e. The van der Waals surface area contributed by atoms with Crippen LogP contribution in [0.1, 0.15) is 54.2 Å². The van der Waals surface area contributed by atoms with Crippen LogP contribution in [-0.2, 0) is 16.0 Å². The van der Waals surface area contributed by atoms with Crippen LogP contribution in [0.4, 0.5) is 5.82 Å². The van der Waals surface area contributed by atoms with Crippen molar-refractivity contribution in [2.75, 3.05) is 38.2 Å². The predicted octanol–water partition coefficient (Wildman–Crippen LogP) is 2.42. The molecule has 0 unspecified atom stereocenters. The second kappa shape index (κ2) is 9.57. The molecular weight excluding hydrogens is 418 g/mol. The Labute approximate surface area is 194 Å². The number of amides is 1. The summed E-state index contributed by atoms with van der Waals surface area (Å²) >= 11 is 0. The molecule has 2 N–H and O–H groups in total. The molecule has 2 aliphatic carbocycles. The molecule has 0 atom stereocenters. The lowest BCUT2D eigenvalue weighted by atomic mass is 9.89. The third kappa shape index (κ3) is 4.77. The van der Waals surface area contributed by atoms with E-state index in [1.165, 1.54) is 19.8 Å². The molecular formula is C25H31N5O3. The monoisotopic (exact) mass is 449 g/mol. The lowest BCUT2D eigenvalue weighted by Crippen LogP contribution is -2.46. The average molecular weight is 450 g/mol. The van der Waals surface area contributed by atoms with Gasteiger partial charge in [0, 0.05) is 49.6 Å². The Bertz CT molecular complexity index is 1040. The highest BCUT2D eigenvalue weighted by Crippen LogP contribution is 2.40. The fraction of sp³-hybridized carbons (Fsp3) is 0.520. The second-order valence-electron chi connectivity index (χ2n) is 9.22. The smallest absolute Gasteiger partial charge is 0.217 e. The van der Waals surface area contributed by atoms with Crippen LogP contribution in [0.15, 0.2) is 24.5 Å². The average Bonchev–Trinajstić information content (AvgIpc) is 3.22. The number of morpholine rings is 1. The summed E-state index contributed by atoms with van der Waals surface area (Å²) in [6, 6.07) is 6.79. The van der Waals surface area contributed by atoms with E-state index in [1.807, 2.05) is 18.2 Å². The summed E-state index contributed by atoms with van der Waals surface area (Å²) in [5.74, 6) is 0.548. The third-order valence-corrected chi connectivity index (χ3v) is 7.08. The van der Waals surface area contributed by atoms with Crippen molar-refractivity contribution in [3.63, 3.8) is 0 Å². The first-order chi connectivity index (χ1) is 16.1. The third-order valence-electron chi connectivity index (χ3n) is 7.08. The van der Waals surface area contributed by atoms with Crippen molar-refractivity contribution in [1.82, 2.24) is 20.2 Å². The van der Waals surface area contributed by atoms with Gasteiger partial charge in [0.2, 0.25) is 5.91 Å². The summed E-state index contributed by atoms with van der Waals surface area (Å²) in [5, 5.41) is 6.29. The molecule has 1 amide bonds. The van der Waals surface area contributed by atoms with E-state index in [0.29, 0.717) is 17.6 Å². The fourth-order valence-electron chi connectivity index (χ4n) is 5.29. The molecule has 33 heavy (non-hydrogen) atoms. The lowest BCUT2D eigenvalue weighted by Gasteiger charge is -2.39. The van der Waals surface area contributed by atoms with E-state index in [2.05, 4.69) is 25.5 Å². The van der Waals surface area contributed by atoms with Gasteiger partial charge in [0.25, 0.3) is 0 Å². The molecule has 0 radical (unpaired) electrons. The highest BCUT2D eigenvalue weighted by molar-refractivity contribution is 6.01. The molecule has 5 rings (SSSR count). The molecule has 2 fully saturated rings. The van der Waals surface area contributed by atoms with Crippen molar-refractivity contribution in [2.24, 2.45) is 0 Å². The number of hydrogen-bond donors (Lipinski definition) is 2. The minimum atomic E-state index is -0.210. The van der Waals surface area contributed by atoms with Crippen LogP contribution in [0, 0.1) is 0 Å². The van der Waals surface area contributed by atoms with Gasteiger partial charge in [0.15, 0.2) is 5.78 Å². The van der Waals surface area contributed by atoms with Gasteiger partial charge in [-0.15, -0.1) is 0 Å². The maximum absolute atomic E-state index is 12.6. The van der Waals surface area contributed by atoms with Crippen LogP contribution in [-0.4, -0.2) is 71.5 Å². The number of nitrogens with one attached hydrogen (secondary N) is 2. The van der Waals surface area contributed by atoms with Crippen LogP contribution >= 0.6 is 0 Å². The minimum Gasteiger partial charge on any atom is -0.379 e. The van der Waals surface area contributed by atoms with Crippen molar-refractivity contribution in [1.29, 1.82) is 0 Å². The van der Waals surface area contributed by atoms with E-state index in [4.69, 9.17) is 4.74 Å². The number of carbonyl (C=O) groups excluding carboxylic acids is 2. The van der Waals surface area contributed by atoms with E-state index >= 15 is 0 Å². The van der Waals surface area contributed by atoms with Crippen molar-refractivity contribution < 1.29 is 14.3 Å². The van der Waals surface area contributed by atoms with Crippen LogP contribution in [0.25, 0.3) is 11.1 Å². The molecule has 0 bridgehead atoms. The summed E-state index contributed by atoms with van der Waals surface area (Å²) in [6.45, 7) is 5.20. The molecule has 0 spiro atoms. The number of rotatable bonds is 6. The quantitative estimate of drug-likeness (QED) is 0.558. The summed E-state index contributed by atoms with van der Waals surface area (Å²) in [6.07, 6.45) is 6.97. The van der Waals surface area contributed by atoms with Gasteiger partial charge in [-0.05, 0) is 42.9 Å². The molecule has 1 aromatic heterocycles. The van der Waals surface area contributed by atoms with Gasteiger partial charge in [0.1, 0.15) is 12.1 Å². The van der Waals surface area contributed by atoms with Crippen LogP contribution in [0.2, 0.25) is 0 Å². The number of ether oxygens (including phenoxy) is 1. The number of ketones is 1. The van der Waals surface area contributed by atoms with Crippen LogP contribution in [0.5, 0.6) is 0 Å². The van der Waals surface area contributed by atoms with E-state index < -0.39 is 0 Å².